The van der Waals surface area contributed by atoms with E-state index in [9.17, 15) is 19.8 Å². The molecule has 1 heterocycles. The van der Waals surface area contributed by atoms with Crippen LogP contribution in [0.3, 0.4) is 0 Å². The number of nitrogens with one attached hydrogen (secondary N) is 2. The van der Waals surface area contributed by atoms with Crippen molar-refractivity contribution in [2.24, 2.45) is 46.3 Å². The lowest BCUT2D eigenvalue weighted by Gasteiger charge is -2.61. The van der Waals surface area contributed by atoms with E-state index in [0.717, 1.165) is 53.5 Å². The quantitative estimate of drug-likeness (QED) is 0.287. The van der Waals surface area contributed by atoms with E-state index in [1.54, 1.807) is 0 Å². The van der Waals surface area contributed by atoms with Crippen LogP contribution in [-0.2, 0) is 16.0 Å². The molecule has 224 valence electrons. The molecule has 6 nitrogen and oxygen atoms in total. The normalized spacial score (nSPS) is 38.0. The van der Waals surface area contributed by atoms with Gasteiger partial charge in [-0.2, -0.15) is 0 Å². The van der Waals surface area contributed by atoms with Crippen molar-refractivity contribution in [3.63, 3.8) is 0 Å². The Kier molecular flexibility index (Phi) is 7.76. The third kappa shape index (κ3) is 5.13. The van der Waals surface area contributed by atoms with Gasteiger partial charge in [0, 0.05) is 29.9 Å². The number of amides is 1. The highest BCUT2D eigenvalue weighted by Crippen LogP contribution is 2.68. The van der Waals surface area contributed by atoms with Gasteiger partial charge in [0.05, 0.1) is 6.10 Å². The molecular weight excluding hydrogens is 512 g/mol. The predicted octanol–water partition coefficient (Wildman–Crippen LogP) is 6.72. The molecule has 10 unspecified atom stereocenters. The molecule has 4 N–H and O–H groups in total. The molecule has 1 amide bonds. The van der Waals surface area contributed by atoms with Crippen molar-refractivity contribution in [1.29, 1.82) is 0 Å². The maximum atomic E-state index is 13.0. The number of hydrogen-bond donors (Lipinski definition) is 4. The van der Waals surface area contributed by atoms with Crippen molar-refractivity contribution in [3.8, 4) is 0 Å². The molecule has 41 heavy (non-hydrogen) atoms. The van der Waals surface area contributed by atoms with E-state index in [2.05, 4.69) is 31.1 Å². The van der Waals surface area contributed by atoms with Crippen LogP contribution >= 0.6 is 0 Å². The molecule has 4 aliphatic rings. The van der Waals surface area contributed by atoms with Gasteiger partial charge < -0.3 is 20.5 Å². The van der Waals surface area contributed by atoms with Gasteiger partial charge in [0.15, 0.2) is 0 Å². The third-order valence-corrected chi connectivity index (χ3v) is 13.0. The first-order valence-corrected chi connectivity index (χ1v) is 16.4. The summed E-state index contributed by atoms with van der Waals surface area (Å²) < 4.78 is 0. The Hall–Kier alpha value is -2.34. The highest BCUT2D eigenvalue weighted by Gasteiger charge is 2.60. The molecule has 4 aliphatic carbocycles. The van der Waals surface area contributed by atoms with E-state index < -0.39 is 12.0 Å². The Bertz CT molecular complexity index is 1270. The van der Waals surface area contributed by atoms with E-state index in [1.165, 1.54) is 44.9 Å². The maximum Gasteiger partial charge on any atom is 0.326 e. The minimum absolute atomic E-state index is 0.0910. The fraction of sp³-hybridized carbons (Fsp3) is 0.714. The predicted molar refractivity (Wildman–Crippen MR) is 161 cm³/mol. The lowest BCUT2D eigenvalue weighted by atomic mass is 9.44. The summed E-state index contributed by atoms with van der Waals surface area (Å²) in [4.78, 5) is 28.3. The van der Waals surface area contributed by atoms with Gasteiger partial charge in [-0.15, -0.1) is 0 Å². The van der Waals surface area contributed by atoms with Gasteiger partial charge in [-0.1, -0.05) is 39.0 Å². The third-order valence-electron chi connectivity index (χ3n) is 13.0. The monoisotopic (exact) mass is 562 g/mol. The van der Waals surface area contributed by atoms with Crippen molar-refractivity contribution in [1.82, 2.24) is 10.3 Å². The van der Waals surface area contributed by atoms with Gasteiger partial charge in [-0.3, -0.25) is 4.79 Å². The van der Waals surface area contributed by atoms with Crippen molar-refractivity contribution in [2.75, 3.05) is 0 Å². The summed E-state index contributed by atoms with van der Waals surface area (Å²) in [5.41, 5.74) is 2.63. The molecule has 1 aromatic heterocycles. The SMILES string of the molecule is CC(CCC(=O)NC(Cc1c[nH]c2ccccc12)C(=O)O)C1CCC2C3CCC4CC(O)CCC4(C)C3CCC12C. The van der Waals surface area contributed by atoms with Gasteiger partial charge >= 0.3 is 5.97 Å². The number of rotatable bonds is 8. The summed E-state index contributed by atoms with van der Waals surface area (Å²) in [6, 6.07) is 6.92. The van der Waals surface area contributed by atoms with Gasteiger partial charge in [0.25, 0.3) is 0 Å². The Labute approximate surface area is 245 Å². The summed E-state index contributed by atoms with van der Waals surface area (Å²) in [5, 5.41) is 24.0. The molecule has 0 bridgehead atoms. The Morgan fingerprint density at radius 3 is 2.59 bits per heavy atom. The number of hydrogen-bond acceptors (Lipinski definition) is 3. The topological polar surface area (TPSA) is 102 Å². The van der Waals surface area contributed by atoms with E-state index in [4.69, 9.17) is 0 Å². The molecule has 0 aliphatic heterocycles. The molecule has 6 rings (SSSR count). The Balaban J connectivity index is 1.06. The second kappa shape index (κ2) is 11.1. The molecular formula is C35H50N2O4. The molecule has 10 atom stereocenters. The van der Waals surface area contributed by atoms with Crippen LogP contribution in [0.5, 0.6) is 0 Å². The largest absolute Gasteiger partial charge is 0.480 e. The minimum Gasteiger partial charge on any atom is -0.480 e. The van der Waals surface area contributed by atoms with E-state index in [-0.39, 0.29) is 18.4 Å². The number of carbonyl (C=O) groups excluding carboxylic acids is 1. The average Bonchev–Trinajstić information content (AvgIpc) is 3.52. The van der Waals surface area contributed by atoms with Gasteiger partial charge in [-0.05, 0) is 122 Å². The van der Waals surface area contributed by atoms with Crippen LogP contribution in [0.4, 0.5) is 0 Å². The minimum atomic E-state index is -0.990. The van der Waals surface area contributed by atoms with Crippen molar-refractivity contribution in [2.45, 2.75) is 110 Å². The zero-order valence-corrected chi connectivity index (χ0v) is 25.2. The first-order valence-electron chi connectivity index (χ1n) is 16.4. The number of para-hydroxylation sites is 1. The maximum absolute atomic E-state index is 13.0. The number of fused-ring (bicyclic) bond motifs is 6. The van der Waals surface area contributed by atoms with Crippen LogP contribution in [-0.4, -0.2) is 39.2 Å². The number of aromatic nitrogens is 1. The highest BCUT2D eigenvalue weighted by molar-refractivity contribution is 5.86. The highest BCUT2D eigenvalue weighted by atomic mass is 16.4. The van der Waals surface area contributed by atoms with Crippen molar-refractivity contribution >= 4 is 22.8 Å². The summed E-state index contributed by atoms with van der Waals surface area (Å²) in [7, 11) is 0. The number of carbonyl (C=O) groups is 2. The lowest BCUT2D eigenvalue weighted by molar-refractivity contribution is -0.141. The summed E-state index contributed by atoms with van der Waals surface area (Å²) in [6.07, 6.45) is 14.2. The molecule has 0 radical (unpaired) electrons. The van der Waals surface area contributed by atoms with Gasteiger partial charge in [0.1, 0.15) is 6.04 Å². The number of aromatic amines is 1. The number of aliphatic carboxylic acids is 1. The number of carboxylic acid groups (broad SMARTS) is 1. The van der Waals surface area contributed by atoms with Crippen LogP contribution < -0.4 is 5.32 Å². The average molecular weight is 563 g/mol. The van der Waals surface area contributed by atoms with Crippen molar-refractivity contribution < 1.29 is 19.8 Å². The van der Waals surface area contributed by atoms with Crippen LogP contribution in [0.2, 0.25) is 0 Å². The van der Waals surface area contributed by atoms with Crippen LogP contribution in [0.25, 0.3) is 10.9 Å². The Morgan fingerprint density at radius 1 is 1.02 bits per heavy atom. The van der Waals surface area contributed by atoms with E-state index in [1.807, 2.05) is 30.5 Å². The molecule has 6 heteroatoms. The summed E-state index contributed by atoms with van der Waals surface area (Å²) in [5.74, 6) is 3.01. The van der Waals surface area contributed by atoms with Crippen LogP contribution in [0.15, 0.2) is 30.5 Å². The smallest absolute Gasteiger partial charge is 0.326 e. The summed E-state index contributed by atoms with van der Waals surface area (Å²) in [6.45, 7) is 7.45. The molecule has 0 spiro atoms. The fourth-order valence-corrected chi connectivity index (χ4v) is 10.8. The molecule has 1 aromatic carbocycles. The zero-order valence-electron chi connectivity index (χ0n) is 25.2. The fourth-order valence-electron chi connectivity index (χ4n) is 10.8. The Morgan fingerprint density at radius 2 is 1.78 bits per heavy atom. The van der Waals surface area contributed by atoms with Crippen LogP contribution in [0, 0.1) is 46.3 Å². The number of aliphatic hydroxyl groups excluding tert-OH is 1. The van der Waals surface area contributed by atoms with Crippen molar-refractivity contribution in [3.05, 3.63) is 36.0 Å². The van der Waals surface area contributed by atoms with Gasteiger partial charge in [0.2, 0.25) is 5.91 Å². The van der Waals surface area contributed by atoms with E-state index in [0.29, 0.717) is 35.0 Å². The van der Waals surface area contributed by atoms with Gasteiger partial charge in [-0.25, -0.2) is 4.79 Å². The first-order chi connectivity index (χ1) is 19.6. The molecule has 4 fully saturated rings. The van der Waals surface area contributed by atoms with E-state index >= 15 is 0 Å². The zero-order chi connectivity index (χ0) is 28.9. The molecule has 0 saturated heterocycles. The van der Waals surface area contributed by atoms with Crippen LogP contribution in [0.1, 0.15) is 97.0 Å². The number of benzene rings is 1. The summed E-state index contributed by atoms with van der Waals surface area (Å²) >= 11 is 0. The first kappa shape index (κ1) is 28.8. The second-order valence-corrected chi connectivity index (χ2v) is 14.9. The lowest BCUT2D eigenvalue weighted by Crippen LogP contribution is -2.54. The molecule has 2 aromatic rings. The standard InChI is InChI=1S/C35H50N2O4/c1-21(8-13-32(39)37-31(33(40)41)18-22-20-36-30-7-5-4-6-25(22)30)27-11-12-28-26-10-9-23-19-24(38)14-16-34(23,2)29(26)15-17-35(27,28)3/h4-7,20-21,23-24,26-29,31,36,38H,8-19H2,1-3H3,(H,37,39)(H,40,41). The molecule has 4 saturated carbocycles. The number of aliphatic hydroxyl groups is 1. The number of H-pyrrole nitrogens is 1. The number of carboxylic acids is 1. The second-order valence-electron chi connectivity index (χ2n) is 14.9.